The molecule has 1 heterocycles. The van der Waals surface area contributed by atoms with Gasteiger partial charge < -0.3 is 19.4 Å². The van der Waals surface area contributed by atoms with Gasteiger partial charge in [-0.1, -0.05) is 61.5 Å². The lowest BCUT2D eigenvalue weighted by molar-refractivity contribution is -0.141. The minimum atomic E-state index is -3.57. The molecular weight excluding hydrogens is 554 g/mol. The number of aryl methyl sites for hydroxylation is 1. The number of furan rings is 1. The number of amides is 2. The van der Waals surface area contributed by atoms with Crippen molar-refractivity contribution in [3.05, 3.63) is 120 Å². The van der Waals surface area contributed by atoms with Crippen LogP contribution >= 0.6 is 0 Å². The molecule has 0 aliphatic heterocycles. The van der Waals surface area contributed by atoms with E-state index in [0.717, 1.165) is 11.1 Å². The number of hydrogen-bond acceptors (Lipinski definition) is 6. The van der Waals surface area contributed by atoms with Crippen LogP contribution in [0.25, 0.3) is 0 Å². The van der Waals surface area contributed by atoms with Crippen LogP contribution in [-0.2, 0) is 39.1 Å². The topological polar surface area (TPSA) is 118 Å². The molecule has 4 rings (SSSR count). The molecule has 0 unspecified atom stereocenters. The van der Waals surface area contributed by atoms with Gasteiger partial charge in [0.2, 0.25) is 21.8 Å². The van der Waals surface area contributed by atoms with Gasteiger partial charge in [0.1, 0.15) is 17.6 Å². The molecule has 3 aromatic carbocycles. The number of sulfonamides is 1. The van der Waals surface area contributed by atoms with E-state index < -0.39 is 16.1 Å². The van der Waals surface area contributed by atoms with Crippen molar-refractivity contribution < 1.29 is 27.2 Å². The first-order valence-electron chi connectivity index (χ1n) is 13.7. The fourth-order valence-electron chi connectivity index (χ4n) is 4.55. The zero-order valence-electron chi connectivity index (χ0n) is 23.7. The molecule has 0 fully saturated rings. The van der Waals surface area contributed by atoms with Gasteiger partial charge in [-0.3, -0.25) is 9.59 Å². The fourth-order valence-corrected chi connectivity index (χ4v) is 5.59. The average Bonchev–Trinajstić information content (AvgIpc) is 3.53. The molecule has 0 radical (unpaired) electrons. The van der Waals surface area contributed by atoms with Crippen LogP contribution in [0, 0.1) is 0 Å². The molecule has 9 nitrogen and oxygen atoms in total. The second-order valence-electron chi connectivity index (χ2n) is 9.63. The minimum Gasteiger partial charge on any atom is -0.497 e. The van der Waals surface area contributed by atoms with E-state index in [1.54, 1.807) is 43.2 Å². The quantitative estimate of drug-likeness (QED) is 0.222. The van der Waals surface area contributed by atoms with Gasteiger partial charge in [0, 0.05) is 19.5 Å². The highest BCUT2D eigenvalue weighted by Crippen LogP contribution is 2.26. The van der Waals surface area contributed by atoms with Crippen LogP contribution in [0.1, 0.15) is 41.8 Å². The van der Waals surface area contributed by atoms with Gasteiger partial charge in [0.25, 0.3) is 0 Å². The maximum atomic E-state index is 13.9. The summed E-state index contributed by atoms with van der Waals surface area (Å²) in [5, 5.41) is 2.92. The van der Waals surface area contributed by atoms with Crippen molar-refractivity contribution >= 4 is 21.8 Å². The van der Waals surface area contributed by atoms with Gasteiger partial charge in [-0.25, -0.2) is 13.1 Å². The third-order valence-electron chi connectivity index (χ3n) is 6.72. The summed E-state index contributed by atoms with van der Waals surface area (Å²) in [4.78, 5) is 29.4. The Labute approximate surface area is 246 Å². The molecule has 0 aliphatic rings. The van der Waals surface area contributed by atoms with E-state index in [1.807, 2.05) is 54.6 Å². The summed E-state index contributed by atoms with van der Waals surface area (Å²) in [6.45, 7) is 2.38. The Morgan fingerprint density at radius 3 is 2.21 bits per heavy atom. The first-order valence-corrected chi connectivity index (χ1v) is 15.1. The molecule has 1 aromatic heterocycles. The highest BCUT2D eigenvalue weighted by Gasteiger charge is 2.31. The first-order chi connectivity index (χ1) is 20.3. The predicted molar refractivity (Wildman–Crippen MR) is 159 cm³/mol. The maximum absolute atomic E-state index is 13.9. The summed E-state index contributed by atoms with van der Waals surface area (Å²) in [5.74, 6) is 0.726. The first kappa shape index (κ1) is 30.5. The molecule has 2 amide bonds. The highest BCUT2D eigenvalue weighted by atomic mass is 32.2. The molecule has 0 spiro atoms. The van der Waals surface area contributed by atoms with E-state index >= 15 is 0 Å². The number of nitrogens with one attached hydrogen (secondary N) is 2. The second-order valence-corrected chi connectivity index (χ2v) is 11.4. The molecule has 4 aromatic rings. The Kier molecular flexibility index (Phi) is 10.5. The van der Waals surface area contributed by atoms with Crippen LogP contribution in [-0.4, -0.2) is 38.8 Å². The molecule has 42 heavy (non-hydrogen) atoms. The van der Waals surface area contributed by atoms with Crippen LogP contribution in [0.3, 0.4) is 0 Å². The number of ether oxygens (including phenoxy) is 1. The largest absolute Gasteiger partial charge is 0.497 e. The Balaban J connectivity index is 1.59. The highest BCUT2D eigenvalue weighted by molar-refractivity contribution is 7.89. The number of rotatable bonds is 14. The monoisotopic (exact) mass is 589 g/mol. The van der Waals surface area contributed by atoms with Gasteiger partial charge in [0.05, 0.1) is 24.8 Å². The van der Waals surface area contributed by atoms with E-state index in [4.69, 9.17) is 9.15 Å². The van der Waals surface area contributed by atoms with Crippen LogP contribution in [0.2, 0.25) is 0 Å². The van der Waals surface area contributed by atoms with E-state index in [2.05, 4.69) is 10.0 Å². The smallest absolute Gasteiger partial charge is 0.247 e. The second kappa shape index (κ2) is 14.5. The van der Waals surface area contributed by atoms with Crippen LogP contribution in [0.5, 0.6) is 5.75 Å². The van der Waals surface area contributed by atoms with Crippen molar-refractivity contribution in [3.8, 4) is 5.75 Å². The number of hydrogen-bond donors (Lipinski definition) is 2. The Bertz CT molecular complexity index is 1540. The molecule has 0 aliphatic carbocycles. The third-order valence-corrected chi connectivity index (χ3v) is 8.28. The normalized spacial score (nSPS) is 12.0. The van der Waals surface area contributed by atoms with E-state index in [9.17, 15) is 18.0 Å². The van der Waals surface area contributed by atoms with Crippen molar-refractivity contribution in [1.82, 2.24) is 14.9 Å². The van der Waals surface area contributed by atoms with Gasteiger partial charge in [-0.2, -0.15) is 0 Å². The molecule has 0 saturated carbocycles. The SMILES string of the molecule is CCNS(=O)(=O)c1ccc(CCC(=O)N(Cc2ccc(OC)cc2)[C@H](C(=O)NCc2ccco2)c2ccccc2)cc1. The van der Waals surface area contributed by atoms with Crippen LogP contribution in [0.15, 0.2) is 107 Å². The molecule has 1 atom stereocenters. The summed E-state index contributed by atoms with van der Waals surface area (Å²) >= 11 is 0. The number of methoxy groups -OCH3 is 1. The minimum absolute atomic E-state index is 0.115. The summed E-state index contributed by atoms with van der Waals surface area (Å²) in [6, 6.07) is 25.6. The van der Waals surface area contributed by atoms with E-state index in [0.29, 0.717) is 30.0 Å². The van der Waals surface area contributed by atoms with E-state index in [-0.39, 0.29) is 36.2 Å². The van der Waals surface area contributed by atoms with Crippen molar-refractivity contribution in [2.45, 2.75) is 43.8 Å². The summed E-state index contributed by atoms with van der Waals surface area (Å²) in [6.07, 6.45) is 2.03. The average molecular weight is 590 g/mol. The van der Waals surface area contributed by atoms with Crippen molar-refractivity contribution in [2.75, 3.05) is 13.7 Å². The predicted octanol–water partition coefficient (Wildman–Crippen LogP) is 4.61. The summed E-state index contributed by atoms with van der Waals surface area (Å²) in [7, 11) is -1.98. The lowest BCUT2D eigenvalue weighted by Gasteiger charge is -2.32. The van der Waals surface area contributed by atoms with Gasteiger partial charge in [0.15, 0.2) is 0 Å². The van der Waals surface area contributed by atoms with Crippen molar-refractivity contribution in [1.29, 1.82) is 0 Å². The number of carbonyl (C=O) groups is 2. The molecule has 0 bridgehead atoms. The third kappa shape index (κ3) is 8.08. The van der Waals surface area contributed by atoms with Crippen LogP contribution < -0.4 is 14.8 Å². The molecule has 0 saturated heterocycles. The Morgan fingerprint density at radius 2 is 1.60 bits per heavy atom. The lowest BCUT2D eigenvalue weighted by Crippen LogP contribution is -2.43. The zero-order chi connectivity index (χ0) is 30.0. The Morgan fingerprint density at radius 1 is 0.905 bits per heavy atom. The van der Waals surface area contributed by atoms with Gasteiger partial charge in [-0.15, -0.1) is 0 Å². The molecule has 10 heteroatoms. The number of nitrogens with zero attached hydrogens (tertiary/aromatic N) is 1. The van der Waals surface area contributed by atoms with Crippen molar-refractivity contribution in [3.63, 3.8) is 0 Å². The lowest BCUT2D eigenvalue weighted by atomic mass is 10.0. The number of carbonyl (C=O) groups excluding carboxylic acids is 2. The number of benzene rings is 3. The summed E-state index contributed by atoms with van der Waals surface area (Å²) < 4.78 is 37.7. The fraction of sp³-hybridized carbons (Fsp3) is 0.250. The zero-order valence-corrected chi connectivity index (χ0v) is 24.5. The van der Waals surface area contributed by atoms with Crippen LogP contribution in [0.4, 0.5) is 0 Å². The standard InChI is InChI=1S/C32H35N3O6S/c1-3-34-42(38,39)29-18-13-24(14-19-29)15-20-30(36)35(23-25-11-16-27(40-2)17-12-25)31(26-8-5-4-6-9-26)32(37)33-22-28-10-7-21-41-28/h4-14,16-19,21,31,34H,3,15,20,22-23H2,1-2H3,(H,33,37)/t31-/m0/s1. The van der Waals surface area contributed by atoms with Gasteiger partial charge >= 0.3 is 0 Å². The Hall–Kier alpha value is -4.41. The van der Waals surface area contributed by atoms with Crippen molar-refractivity contribution in [2.24, 2.45) is 0 Å². The maximum Gasteiger partial charge on any atom is 0.247 e. The molecule has 220 valence electrons. The van der Waals surface area contributed by atoms with Gasteiger partial charge in [-0.05, 0) is 59.5 Å². The van der Waals surface area contributed by atoms with E-state index in [1.165, 1.54) is 18.4 Å². The molecule has 2 N–H and O–H groups in total. The summed E-state index contributed by atoms with van der Waals surface area (Å²) in [5.41, 5.74) is 2.32. The molecular formula is C32H35N3O6S.